The molecule has 24 nitrogen and oxygen atoms in total. The maximum atomic E-state index is 14.8. The summed E-state index contributed by atoms with van der Waals surface area (Å²) >= 11 is 0. The molecule has 0 saturated carbocycles. The number of nitrogens with zero attached hydrogens (tertiary/aromatic N) is 2. The van der Waals surface area contributed by atoms with Crippen LogP contribution < -0.4 is 60.2 Å². The number of carbonyl (C=O) groups excluding carboxylic acids is 8. The van der Waals surface area contributed by atoms with Gasteiger partial charge in [-0.05, 0) is 55.4 Å². The molecule has 6 rings (SSSR count). The second-order valence-corrected chi connectivity index (χ2v) is 21.3. The lowest BCUT2D eigenvalue weighted by Gasteiger charge is -2.28. The average molecular weight is 1110 g/mol. The van der Waals surface area contributed by atoms with E-state index in [1.54, 1.807) is 66.9 Å². The number of amides is 8. The third kappa shape index (κ3) is 18.1. The van der Waals surface area contributed by atoms with E-state index in [1.807, 2.05) is 24.3 Å². The lowest BCUT2D eigenvalue weighted by molar-refractivity contribution is -0.135. The highest BCUT2D eigenvalue weighted by atomic mass is 33.1. The standard InChI is InChI=1S/C52H67N15O9S2/c1-29(68)43(44(54)69)67-51(76)41-28-78-77-22-18-37(61-45(70)34(53)23-30-11-4-2-5-12-30)47(72)65-40(26-42-57-20-21-58-42)50(75)63-38(24-31-13-6-3-7-14-31)48(73)62-36(17-10-19-59-52(55)56)46(71)64-39(49(74)66-41)25-32-27-60-35-16-9-8-15-33(32)35/h2-9,11-16,20-21,27,29,34,36-41,43,60,68H,10,17-19,22-26,28,53H2,1H3,(H2,54,69)(H,57,58)(H,61,70)(H,62,73)(H,63,75)(H,64,71)(H,65,72)(H,66,74)(H,67,76)(H4,55,56,59)/t29-,34-,36+,37+,38-,39-,40+,41+,43+/m1/s1. The highest BCUT2D eigenvalue weighted by Crippen LogP contribution is 2.25. The number of aliphatic hydroxyl groups excluding tert-OH is 1. The Morgan fingerprint density at radius 3 is 2.00 bits per heavy atom. The van der Waals surface area contributed by atoms with Crippen LogP contribution in [0.5, 0.6) is 0 Å². The monoisotopic (exact) mass is 1110 g/mol. The van der Waals surface area contributed by atoms with Gasteiger partial charge in [-0.25, -0.2) is 4.98 Å². The van der Waals surface area contributed by atoms with Crippen molar-refractivity contribution in [3.8, 4) is 0 Å². The zero-order valence-corrected chi connectivity index (χ0v) is 44.4. The quantitative estimate of drug-likeness (QED) is 0.0207. The Kier molecular flexibility index (Phi) is 22.5. The van der Waals surface area contributed by atoms with Crippen LogP contribution >= 0.6 is 21.6 Å². The molecule has 2 aromatic heterocycles. The Hall–Kier alpha value is -7.94. The number of rotatable bonds is 18. The van der Waals surface area contributed by atoms with Gasteiger partial charge in [-0.3, -0.25) is 43.3 Å². The molecule has 1 fully saturated rings. The van der Waals surface area contributed by atoms with Gasteiger partial charge in [-0.2, -0.15) is 0 Å². The molecule has 1 aliphatic rings. The van der Waals surface area contributed by atoms with E-state index in [9.17, 15) is 43.5 Å². The van der Waals surface area contributed by atoms with Crippen LogP contribution in [0, 0.1) is 0 Å². The zero-order valence-electron chi connectivity index (χ0n) is 42.8. The number of hydrogen-bond acceptors (Lipinski definition) is 14. The van der Waals surface area contributed by atoms with Crippen molar-refractivity contribution in [3.05, 3.63) is 126 Å². The lowest BCUT2D eigenvalue weighted by atomic mass is 10.0. The van der Waals surface area contributed by atoms with Crippen molar-refractivity contribution in [1.82, 2.24) is 52.2 Å². The van der Waals surface area contributed by atoms with Crippen molar-refractivity contribution in [3.63, 3.8) is 0 Å². The Morgan fingerprint density at radius 1 is 0.744 bits per heavy atom. The van der Waals surface area contributed by atoms with Crippen LogP contribution in [0.25, 0.3) is 10.9 Å². The SMILES string of the molecule is C[C@@H](O)[C@H](NC(=O)[C@@H]1CSSCC[C@H](NC(=O)[C@H](N)Cc2ccccc2)C(=O)N[C@@H](Cc2ncc[nH]2)C(=O)N[C@H](Cc2ccccc2)C(=O)N[C@@H](CCCN=C(N)N)C(=O)N[C@H](Cc2c[nH]c3ccccc23)C(=O)N1)C(N)=O. The molecule has 8 amide bonds. The maximum Gasteiger partial charge on any atom is 0.244 e. The summed E-state index contributed by atoms with van der Waals surface area (Å²) in [5.41, 5.74) is 25.9. The Morgan fingerprint density at radius 2 is 1.35 bits per heavy atom. The molecule has 0 radical (unpaired) electrons. The predicted octanol–water partition coefficient (Wildman–Crippen LogP) is -1.41. The first kappa shape index (κ1) is 59.3. The van der Waals surface area contributed by atoms with Crippen molar-refractivity contribution in [2.45, 2.75) is 106 Å². The van der Waals surface area contributed by atoms with Crippen LogP contribution in [-0.2, 0) is 64.0 Å². The van der Waals surface area contributed by atoms with Crippen molar-refractivity contribution < 1.29 is 43.5 Å². The number of nitrogens with one attached hydrogen (secondary N) is 9. The van der Waals surface area contributed by atoms with Crippen LogP contribution in [0.3, 0.4) is 0 Å². The minimum Gasteiger partial charge on any atom is -0.391 e. The Bertz CT molecular complexity index is 2850. The van der Waals surface area contributed by atoms with Gasteiger partial charge < -0.3 is 75.2 Å². The topological polar surface area (TPSA) is 402 Å². The Labute approximate surface area is 457 Å². The molecule has 3 aromatic carbocycles. The van der Waals surface area contributed by atoms with E-state index in [0.717, 1.165) is 27.3 Å². The molecule has 0 bridgehead atoms. The number of hydrogen-bond donors (Lipinski definition) is 14. The number of imidazole rings is 1. The number of nitrogens with two attached hydrogens (primary N) is 4. The molecule has 26 heteroatoms. The number of aromatic nitrogens is 3. The van der Waals surface area contributed by atoms with E-state index in [2.05, 4.69) is 57.2 Å². The molecule has 416 valence electrons. The number of aromatic amines is 2. The van der Waals surface area contributed by atoms with Crippen LogP contribution in [0.15, 0.2) is 109 Å². The molecule has 1 saturated heterocycles. The van der Waals surface area contributed by atoms with E-state index in [1.165, 1.54) is 30.1 Å². The summed E-state index contributed by atoms with van der Waals surface area (Å²) in [7, 11) is 2.26. The number of para-hydroxylation sites is 1. The fourth-order valence-electron chi connectivity index (χ4n) is 8.45. The molecular weight excluding hydrogens is 1040 g/mol. The summed E-state index contributed by atoms with van der Waals surface area (Å²) in [6, 6.07) is 14.1. The minimum absolute atomic E-state index is 0.0419. The van der Waals surface area contributed by atoms with Gasteiger partial charge in [0.15, 0.2) is 5.96 Å². The highest BCUT2D eigenvalue weighted by molar-refractivity contribution is 8.76. The summed E-state index contributed by atoms with van der Waals surface area (Å²) in [4.78, 5) is 128. The van der Waals surface area contributed by atoms with Crippen LogP contribution in [0.2, 0.25) is 0 Å². The largest absolute Gasteiger partial charge is 0.391 e. The maximum absolute atomic E-state index is 14.8. The number of benzene rings is 3. The molecule has 9 atom stereocenters. The van der Waals surface area contributed by atoms with Gasteiger partial charge in [0.2, 0.25) is 47.3 Å². The minimum atomic E-state index is -1.55. The Balaban J connectivity index is 1.40. The number of aliphatic imine (C=N–C) groups is 1. The molecule has 5 aromatic rings. The van der Waals surface area contributed by atoms with Crippen molar-refractivity contribution >= 4 is 85.7 Å². The molecule has 78 heavy (non-hydrogen) atoms. The fraction of sp³-hybridized carbons (Fsp3) is 0.385. The fourth-order valence-corrected chi connectivity index (χ4v) is 10.7. The number of primary amides is 1. The highest BCUT2D eigenvalue weighted by Gasteiger charge is 2.36. The molecule has 18 N–H and O–H groups in total. The van der Waals surface area contributed by atoms with Gasteiger partial charge >= 0.3 is 0 Å². The van der Waals surface area contributed by atoms with Crippen molar-refractivity contribution in [2.24, 2.45) is 27.9 Å². The summed E-state index contributed by atoms with van der Waals surface area (Å²) < 4.78 is 0. The summed E-state index contributed by atoms with van der Waals surface area (Å²) in [6.07, 6.45) is 3.02. The van der Waals surface area contributed by atoms with Crippen molar-refractivity contribution in [2.75, 3.05) is 18.1 Å². The second-order valence-electron chi connectivity index (χ2n) is 18.6. The molecule has 3 heterocycles. The number of carbonyl (C=O) groups is 8. The predicted molar refractivity (Wildman–Crippen MR) is 296 cm³/mol. The third-order valence-corrected chi connectivity index (χ3v) is 15.1. The van der Waals surface area contributed by atoms with E-state index in [-0.39, 0.29) is 69.0 Å². The molecular formula is C52H67N15O9S2. The summed E-state index contributed by atoms with van der Waals surface area (Å²) in [5.74, 6) is -6.61. The molecule has 0 aliphatic carbocycles. The van der Waals surface area contributed by atoms with E-state index in [0.29, 0.717) is 17.0 Å². The smallest absolute Gasteiger partial charge is 0.244 e. The van der Waals surface area contributed by atoms with Gasteiger partial charge in [-0.1, -0.05) is 100 Å². The van der Waals surface area contributed by atoms with E-state index >= 15 is 0 Å². The first-order valence-electron chi connectivity index (χ1n) is 25.2. The van der Waals surface area contributed by atoms with Gasteiger partial charge in [0.1, 0.15) is 48.1 Å². The lowest BCUT2D eigenvalue weighted by Crippen LogP contribution is -2.61. The van der Waals surface area contributed by atoms with E-state index in [4.69, 9.17) is 22.9 Å². The number of aliphatic hydroxyl groups is 1. The zero-order chi connectivity index (χ0) is 56.1. The summed E-state index contributed by atoms with van der Waals surface area (Å²) in [5, 5.41) is 30.1. The average Bonchev–Trinajstić information content (AvgIpc) is 4.09. The van der Waals surface area contributed by atoms with Gasteiger partial charge in [-0.15, -0.1) is 0 Å². The molecule has 1 aliphatic heterocycles. The first-order chi connectivity index (χ1) is 37.4. The van der Waals surface area contributed by atoms with Crippen LogP contribution in [0.4, 0.5) is 0 Å². The van der Waals surface area contributed by atoms with Crippen molar-refractivity contribution in [1.29, 1.82) is 0 Å². The van der Waals surface area contributed by atoms with Crippen LogP contribution in [0.1, 0.15) is 48.7 Å². The van der Waals surface area contributed by atoms with E-state index < -0.39 is 102 Å². The van der Waals surface area contributed by atoms with Gasteiger partial charge in [0.05, 0.1) is 12.1 Å². The first-order valence-corrected chi connectivity index (χ1v) is 27.7. The van der Waals surface area contributed by atoms with Gasteiger partial charge in [0, 0.05) is 66.8 Å². The molecule has 0 unspecified atom stereocenters. The number of guanidine groups is 1. The van der Waals surface area contributed by atoms with Crippen LogP contribution in [-0.4, -0.2) is 146 Å². The number of fused-ring (bicyclic) bond motifs is 1. The second kappa shape index (κ2) is 29.5. The number of H-pyrrole nitrogens is 2. The molecule has 0 spiro atoms. The van der Waals surface area contributed by atoms with Gasteiger partial charge in [0.25, 0.3) is 0 Å². The normalized spacial score (nSPS) is 21.4. The third-order valence-electron chi connectivity index (χ3n) is 12.6. The summed E-state index contributed by atoms with van der Waals surface area (Å²) in [6.45, 7) is 1.30.